The molecule has 1 fully saturated rings. The first-order chi connectivity index (χ1) is 7.94. The van der Waals surface area contributed by atoms with E-state index in [4.69, 9.17) is 5.73 Å². The normalized spacial score (nSPS) is 20.4. The minimum Gasteiger partial charge on any atom is -0.399 e. The lowest BCUT2D eigenvalue weighted by molar-refractivity contribution is 0.127. The Hall–Kier alpha value is -0.540. The van der Waals surface area contributed by atoms with Gasteiger partial charge in [0.2, 0.25) is 0 Å². The zero-order chi connectivity index (χ0) is 12.5. The van der Waals surface area contributed by atoms with E-state index >= 15 is 0 Å². The summed E-state index contributed by atoms with van der Waals surface area (Å²) in [5, 5.41) is 0. The molecule has 0 radical (unpaired) electrons. The second kappa shape index (κ2) is 4.99. The van der Waals surface area contributed by atoms with E-state index in [-0.39, 0.29) is 0 Å². The van der Waals surface area contributed by atoms with Gasteiger partial charge in [0.25, 0.3) is 0 Å². The minimum absolute atomic E-state index is 0.521. The zero-order valence-electron chi connectivity index (χ0n) is 10.7. The highest BCUT2D eigenvalue weighted by Gasteiger charge is 2.25. The van der Waals surface area contributed by atoms with Crippen LogP contribution in [0, 0.1) is 5.41 Å². The second-order valence-corrected chi connectivity index (χ2v) is 6.75. The molecule has 0 aromatic heterocycles. The van der Waals surface area contributed by atoms with Crippen molar-refractivity contribution in [2.45, 2.75) is 33.2 Å². The molecule has 0 unspecified atom stereocenters. The highest BCUT2D eigenvalue weighted by atomic mass is 79.9. The molecule has 1 aliphatic rings. The van der Waals surface area contributed by atoms with Crippen molar-refractivity contribution in [1.82, 2.24) is 4.90 Å². The summed E-state index contributed by atoms with van der Waals surface area (Å²) in [5.74, 6) is 0. The van der Waals surface area contributed by atoms with Crippen molar-refractivity contribution >= 4 is 21.6 Å². The van der Waals surface area contributed by atoms with Gasteiger partial charge in [0, 0.05) is 16.7 Å². The largest absolute Gasteiger partial charge is 0.399 e. The number of nitrogens with two attached hydrogens (primary N) is 1. The molecule has 94 valence electrons. The monoisotopic (exact) mass is 296 g/mol. The number of nitrogens with zero attached hydrogens (tertiary/aromatic N) is 1. The lowest BCUT2D eigenvalue weighted by Gasteiger charge is -2.37. The third-order valence-corrected chi connectivity index (χ3v) is 4.05. The van der Waals surface area contributed by atoms with E-state index < -0.39 is 0 Å². The van der Waals surface area contributed by atoms with Gasteiger partial charge in [-0.2, -0.15) is 0 Å². The molecule has 17 heavy (non-hydrogen) atoms. The summed E-state index contributed by atoms with van der Waals surface area (Å²) in [7, 11) is 0. The van der Waals surface area contributed by atoms with E-state index in [9.17, 15) is 0 Å². The molecule has 0 spiro atoms. The van der Waals surface area contributed by atoms with Crippen molar-refractivity contribution in [2.24, 2.45) is 5.41 Å². The Morgan fingerprint density at radius 3 is 2.47 bits per heavy atom. The van der Waals surface area contributed by atoms with E-state index in [0.29, 0.717) is 5.41 Å². The van der Waals surface area contributed by atoms with Gasteiger partial charge in [-0.25, -0.2) is 0 Å². The van der Waals surface area contributed by atoms with Crippen LogP contribution in [-0.4, -0.2) is 18.0 Å². The van der Waals surface area contributed by atoms with Crippen molar-refractivity contribution < 1.29 is 0 Å². The van der Waals surface area contributed by atoms with Crippen LogP contribution < -0.4 is 5.73 Å². The summed E-state index contributed by atoms with van der Waals surface area (Å²) in [5.41, 5.74) is 8.52. The van der Waals surface area contributed by atoms with Crippen molar-refractivity contribution in [3.63, 3.8) is 0 Å². The smallest absolute Gasteiger partial charge is 0.0328 e. The fraction of sp³-hybridized carbons (Fsp3) is 0.571. The fourth-order valence-corrected chi connectivity index (χ4v) is 2.90. The molecule has 2 rings (SSSR count). The maximum atomic E-state index is 5.86. The summed E-state index contributed by atoms with van der Waals surface area (Å²) in [6.45, 7) is 8.13. The van der Waals surface area contributed by atoms with E-state index in [1.807, 2.05) is 6.07 Å². The average molecular weight is 297 g/mol. The molecule has 0 atom stereocenters. The molecule has 3 heteroatoms. The zero-order valence-corrected chi connectivity index (χ0v) is 12.3. The van der Waals surface area contributed by atoms with Crippen LogP contribution in [-0.2, 0) is 6.54 Å². The topological polar surface area (TPSA) is 29.3 Å². The van der Waals surface area contributed by atoms with Gasteiger partial charge in [-0.05, 0) is 55.1 Å². The first-order valence-corrected chi connectivity index (χ1v) is 7.01. The molecule has 1 aliphatic heterocycles. The third kappa shape index (κ3) is 3.71. The SMILES string of the molecule is CC1(C)CCN(Cc2cc(N)cc(Br)c2)CC1. The Morgan fingerprint density at radius 2 is 1.88 bits per heavy atom. The van der Waals surface area contributed by atoms with Crippen LogP contribution in [0.5, 0.6) is 0 Å². The summed E-state index contributed by atoms with van der Waals surface area (Å²) in [6.07, 6.45) is 2.58. The van der Waals surface area contributed by atoms with Gasteiger partial charge in [-0.1, -0.05) is 29.8 Å². The summed E-state index contributed by atoms with van der Waals surface area (Å²) >= 11 is 3.50. The van der Waals surface area contributed by atoms with Crippen LogP contribution in [0.2, 0.25) is 0 Å². The molecule has 1 aromatic rings. The van der Waals surface area contributed by atoms with Gasteiger partial charge < -0.3 is 5.73 Å². The Bertz CT molecular complexity index is 371. The molecule has 1 saturated heterocycles. The van der Waals surface area contributed by atoms with Gasteiger partial charge in [0.15, 0.2) is 0 Å². The number of nitrogen functional groups attached to an aromatic ring is 1. The Kier molecular flexibility index (Phi) is 3.79. The first-order valence-electron chi connectivity index (χ1n) is 6.22. The summed E-state index contributed by atoms with van der Waals surface area (Å²) < 4.78 is 1.07. The average Bonchev–Trinajstić information content (AvgIpc) is 2.20. The Labute approximate surface area is 112 Å². The highest BCUT2D eigenvalue weighted by molar-refractivity contribution is 9.10. The van der Waals surface area contributed by atoms with Crippen LogP contribution in [0.15, 0.2) is 22.7 Å². The van der Waals surface area contributed by atoms with Crippen molar-refractivity contribution in [1.29, 1.82) is 0 Å². The van der Waals surface area contributed by atoms with Crippen LogP contribution >= 0.6 is 15.9 Å². The van der Waals surface area contributed by atoms with Gasteiger partial charge in [0.1, 0.15) is 0 Å². The predicted octanol–water partition coefficient (Wildman–Crippen LogP) is 3.65. The maximum absolute atomic E-state index is 5.86. The number of hydrogen-bond acceptors (Lipinski definition) is 2. The lowest BCUT2D eigenvalue weighted by atomic mass is 9.82. The number of rotatable bonds is 2. The molecule has 2 N–H and O–H groups in total. The molecule has 1 aromatic carbocycles. The van der Waals surface area contributed by atoms with E-state index in [1.54, 1.807) is 0 Å². The van der Waals surface area contributed by atoms with E-state index in [1.165, 1.54) is 31.5 Å². The van der Waals surface area contributed by atoms with Crippen LogP contribution in [0.1, 0.15) is 32.3 Å². The number of benzene rings is 1. The maximum Gasteiger partial charge on any atom is 0.0328 e. The molecule has 0 aliphatic carbocycles. The van der Waals surface area contributed by atoms with Gasteiger partial charge >= 0.3 is 0 Å². The first kappa shape index (κ1) is 12.9. The molecular formula is C14H21BrN2. The highest BCUT2D eigenvalue weighted by Crippen LogP contribution is 2.30. The second-order valence-electron chi connectivity index (χ2n) is 5.83. The van der Waals surface area contributed by atoms with Gasteiger partial charge in [0.05, 0.1) is 0 Å². The number of halogens is 1. The molecular weight excluding hydrogens is 276 g/mol. The minimum atomic E-state index is 0.521. The molecule has 0 bridgehead atoms. The molecule has 1 heterocycles. The summed E-state index contributed by atoms with van der Waals surface area (Å²) in [4.78, 5) is 2.52. The number of likely N-dealkylation sites (tertiary alicyclic amines) is 1. The number of piperidine rings is 1. The summed E-state index contributed by atoms with van der Waals surface area (Å²) in [6, 6.07) is 6.18. The lowest BCUT2D eigenvalue weighted by Crippen LogP contribution is -2.36. The van der Waals surface area contributed by atoms with Crippen LogP contribution in [0.25, 0.3) is 0 Å². The molecule has 2 nitrogen and oxygen atoms in total. The van der Waals surface area contributed by atoms with Crippen molar-refractivity contribution in [2.75, 3.05) is 18.8 Å². The number of hydrogen-bond donors (Lipinski definition) is 1. The van der Waals surface area contributed by atoms with Gasteiger partial charge in [-0.15, -0.1) is 0 Å². The number of anilines is 1. The molecule has 0 saturated carbocycles. The van der Waals surface area contributed by atoms with Crippen molar-refractivity contribution in [3.05, 3.63) is 28.2 Å². The quantitative estimate of drug-likeness (QED) is 0.844. The predicted molar refractivity (Wildman–Crippen MR) is 76.8 cm³/mol. The van der Waals surface area contributed by atoms with E-state index in [2.05, 4.69) is 46.8 Å². The third-order valence-electron chi connectivity index (χ3n) is 3.60. The van der Waals surface area contributed by atoms with Crippen molar-refractivity contribution in [3.8, 4) is 0 Å². The van der Waals surface area contributed by atoms with E-state index in [0.717, 1.165) is 16.7 Å². The van der Waals surface area contributed by atoms with Crippen LogP contribution in [0.4, 0.5) is 5.69 Å². The Balaban J connectivity index is 1.97. The molecule has 0 amide bonds. The Morgan fingerprint density at radius 1 is 1.24 bits per heavy atom. The van der Waals surface area contributed by atoms with Gasteiger partial charge in [-0.3, -0.25) is 4.90 Å². The van der Waals surface area contributed by atoms with Crippen LogP contribution in [0.3, 0.4) is 0 Å². The fourth-order valence-electron chi connectivity index (χ4n) is 2.34. The standard InChI is InChI=1S/C14H21BrN2/c1-14(2)3-5-17(6-4-14)10-11-7-12(15)9-13(16)8-11/h7-9H,3-6,10,16H2,1-2H3.